The average molecular weight is 361 g/mol. The lowest BCUT2D eigenvalue weighted by Gasteiger charge is -2.61. The van der Waals surface area contributed by atoms with Crippen molar-refractivity contribution in [3.8, 4) is 0 Å². The molecule has 2 aliphatic carbocycles. The average Bonchev–Trinajstić information content (AvgIpc) is 2.67. The Balaban J connectivity index is 1.47. The Morgan fingerprint density at radius 2 is 2.00 bits per heavy atom. The minimum absolute atomic E-state index is 0.367. The van der Waals surface area contributed by atoms with E-state index in [9.17, 15) is 0 Å². The minimum Gasteiger partial charge on any atom is -0.399 e. The van der Waals surface area contributed by atoms with Crippen LogP contribution < -0.4 is 5.73 Å². The van der Waals surface area contributed by atoms with Gasteiger partial charge in [0.1, 0.15) is 0 Å². The summed E-state index contributed by atoms with van der Waals surface area (Å²) in [4.78, 5) is 2.87. The second-order valence-corrected chi connectivity index (χ2v) is 9.46. The van der Waals surface area contributed by atoms with Crippen LogP contribution >= 0.6 is 0 Å². The standard InChI is InChI=1S/C25H32N2/c1-17-19-10-12-25(2)22-9-4-3-7-20(22)16-24(23(25)15-19)27(17)13-11-18-6-5-8-21(26)14-18/h3-9,14,17,19,23-24H,10-13,15-16,26H2,1-2H3/t17?,19?,23?,24?,25-/m0/s1. The van der Waals surface area contributed by atoms with Gasteiger partial charge in [-0.2, -0.15) is 0 Å². The maximum absolute atomic E-state index is 6.01. The maximum atomic E-state index is 6.01. The molecule has 0 aromatic heterocycles. The van der Waals surface area contributed by atoms with Gasteiger partial charge in [0.05, 0.1) is 0 Å². The van der Waals surface area contributed by atoms with Crippen molar-refractivity contribution in [3.63, 3.8) is 0 Å². The lowest BCUT2D eigenvalue weighted by molar-refractivity contribution is -0.0616. The van der Waals surface area contributed by atoms with Crippen LogP contribution in [-0.2, 0) is 18.3 Å². The molecular weight excluding hydrogens is 328 g/mol. The third-order valence-corrected chi connectivity index (χ3v) is 8.18. The zero-order valence-corrected chi connectivity index (χ0v) is 16.7. The summed E-state index contributed by atoms with van der Waals surface area (Å²) in [7, 11) is 0. The number of benzene rings is 2. The first-order chi connectivity index (χ1) is 13.1. The predicted octanol–water partition coefficient (Wildman–Crippen LogP) is 4.81. The number of nitrogens with two attached hydrogens (primary N) is 1. The van der Waals surface area contributed by atoms with Gasteiger partial charge in [-0.05, 0) is 85.1 Å². The molecule has 3 aliphatic rings. The first-order valence-electron chi connectivity index (χ1n) is 10.7. The second kappa shape index (κ2) is 6.38. The van der Waals surface area contributed by atoms with Crippen LogP contribution in [-0.4, -0.2) is 23.5 Å². The molecule has 1 heterocycles. The smallest absolute Gasteiger partial charge is 0.0316 e. The Morgan fingerprint density at radius 3 is 2.85 bits per heavy atom. The summed E-state index contributed by atoms with van der Waals surface area (Å²) in [6.07, 6.45) is 6.49. The fourth-order valence-corrected chi connectivity index (χ4v) is 6.65. The van der Waals surface area contributed by atoms with Gasteiger partial charge in [0.25, 0.3) is 0 Å². The fourth-order valence-electron chi connectivity index (χ4n) is 6.65. The van der Waals surface area contributed by atoms with Crippen LogP contribution in [0.15, 0.2) is 48.5 Å². The van der Waals surface area contributed by atoms with Gasteiger partial charge in [-0.1, -0.05) is 43.3 Å². The summed E-state index contributed by atoms with van der Waals surface area (Å²) in [5.41, 5.74) is 11.9. The molecule has 1 aliphatic heterocycles. The number of rotatable bonds is 3. The number of hydrogen-bond donors (Lipinski definition) is 1. The number of nitrogens with zero attached hydrogens (tertiary/aromatic N) is 1. The van der Waals surface area contributed by atoms with Gasteiger partial charge in [0.2, 0.25) is 0 Å². The van der Waals surface area contributed by atoms with Crippen molar-refractivity contribution < 1.29 is 0 Å². The van der Waals surface area contributed by atoms with E-state index in [0.717, 1.165) is 30.5 Å². The molecule has 2 fully saturated rings. The van der Waals surface area contributed by atoms with E-state index in [2.05, 4.69) is 61.2 Å². The van der Waals surface area contributed by atoms with E-state index in [0.29, 0.717) is 17.5 Å². The highest BCUT2D eigenvalue weighted by Crippen LogP contribution is 2.56. The van der Waals surface area contributed by atoms with Crippen LogP contribution in [0.2, 0.25) is 0 Å². The fraction of sp³-hybridized carbons (Fsp3) is 0.520. The summed E-state index contributed by atoms with van der Waals surface area (Å²) in [6.45, 7) is 6.20. The van der Waals surface area contributed by atoms with Gasteiger partial charge in [-0.3, -0.25) is 4.90 Å². The van der Waals surface area contributed by atoms with Crippen LogP contribution in [0.25, 0.3) is 0 Å². The molecule has 1 saturated heterocycles. The van der Waals surface area contributed by atoms with Crippen LogP contribution in [0.5, 0.6) is 0 Å². The molecule has 2 N–H and O–H groups in total. The van der Waals surface area contributed by atoms with Crippen molar-refractivity contribution in [2.24, 2.45) is 11.8 Å². The molecule has 0 spiro atoms. The Hall–Kier alpha value is -1.80. The third kappa shape index (κ3) is 2.72. The van der Waals surface area contributed by atoms with Crippen LogP contribution in [0, 0.1) is 11.8 Å². The van der Waals surface area contributed by atoms with Gasteiger partial charge in [-0.25, -0.2) is 0 Å². The summed E-state index contributed by atoms with van der Waals surface area (Å²) in [5.74, 6) is 1.67. The van der Waals surface area contributed by atoms with E-state index in [1.165, 1.54) is 31.2 Å². The van der Waals surface area contributed by atoms with Gasteiger partial charge in [0, 0.05) is 24.3 Å². The predicted molar refractivity (Wildman–Crippen MR) is 113 cm³/mol. The van der Waals surface area contributed by atoms with Crippen molar-refractivity contribution in [3.05, 3.63) is 65.2 Å². The molecular formula is C25H32N2. The Labute approximate surface area is 163 Å². The SMILES string of the molecule is CC1C2CC[C@@]3(C)c4ccccc4CC(C3C2)N1CCc1cccc(N)c1. The van der Waals surface area contributed by atoms with Gasteiger partial charge < -0.3 is 5.73 Å². The van der Waals surface area contributed by atoms with E-state index in [1.54, 1.807) is 11.1 Å². The second-order valence-electron chi connectivity index (χ2n) is 9.46. The molecule has 2 bridgehead atoms. The lowest BCUT2D eigenvalue weighted by Crippen LogP contribution is -2.63. The normalized spacial score (nSPS) is 34.9. The zero-order valence-electron chi connectivity index (χ0n) is 16.7. The van der Waals surface area contributed by atoms with Crippen molar-refractivity contribution >= 4 is 5.69 Å². The third-order valence-electron chi connectivity index (χ3n) is 8.18. The molecule has 142 valence electrons. The van der Waals surface area contributed by atoms with Crippen molar-refractivity contribution in [2.75, 3.05) is 12.3 Å². The molecule has 27 heavy (non-hydrogen) atoms. The lowest BCUT2D eigenvalue weighted by atomic mass is 9.52. The summed E-state index contributed by atoms with van der Waals surface area (Å²) < 4.78 is 0. The molecule has 2 heteroatoms. The van der Waals surface area contributed by atoms with E-state index in [1.807, 2.05) is 6.07 Å². The van der Waals surface area contributed by atoms with Gasteiger partial charge >= 0.3 is 0 Å². The molecule has 2 aromatic carbocycles. The Bertz CT molecular complexity index is 844. The number of anilines is 1. The molecule has 0 amide bonds. The monoisotopic (exact) mass is 360 g/mol. The minimum atomic E-state index is 0.367. The topological polar surface area (TPSA) is 29.3 Å². The molecule has 2 nitrogen and oxygen atoms in total. The molecule has 5 rings (SSSR count). The van der Waals surface area contributed by atoms with Crippen molar-refractivity contribution in [1.29, 1.82) is 0 Å². The van der Waals surface area contributed by atoms with Gasteiger partial charge in [0.15, 0.2) is 0 Å². The highest BCUT2D eigenvalue weighted by Gasteiger charge is 2.54. The number of piperidine rings is 1. The Morgan fingerprint density at radius 1 is 1.15 bits per heavy atom. The van der Waals surface area contributed by atoms with Crippen LogP contribution in [0.3, 0.4) is 0 Å². The highest BCUT2D eigenvalue weighted by molar-refractivity contribution is 5.41. The van der Waals surface area contributed by atoms with E-state index >= 15 is 0 Å². The van der Waals surface area contributed by atoms with E-state index < -0.39 is 0 Å². The first-order valence-corrected chi connectivity index (χ1v) is 10.7. The maximum Gasteiger partial charge on any atom is 0.0316 e. The number of likely N-dealkylation sites (tertiary alicyclic amines) is 1. The van der Waals surface area contributed by atoms with E-state index in [4.69, 9.17) is 5.73 Å². The number of nitrogen functional groups attached to an aromatic ring is 1. The Kier molecular flexibility index (Phi) is 4.09. The van der Waals surface area contributed by atoms with Crippen LogP contribution in [0.1, 0.15) is 49.8 Å². The molecule has 1 saturated carbocycles. The van der Waals surface area contributed by atoms with Crippen molar-refractivity contribution in [1.82, 2.24) is 4.90 Å². The van der Waals surface area contributed by atoms with Crippen molar-refractivity contribution in [2.45, 2.75) is 63.5 Å². The summed E-state index contributed by atoms with van der Waals surface area (Å²) in [6, 6.07) is 19.1. The quantitative estimate of drug-likeness (QED) is 0.796. The van der Waals surface area contributed by atoms with Gasteiger partial charge in [-0.15, -0.1) is 0 Å². The largest absolute Gasteiger partial charge is 0.399 e. The highest BCUT2D eigenvalue weighted by atomic mass is 15.2. The summed E-state index contributed by atoms with van der Waals surface area (Å²) in [5, 5.41) is 0. The first kappa shape index (κ1) is 17.3. The zero-order chi connectivity index (χ0) is 18.6. The number of hydrogen-bond acceptors (Lipinski definition) is 2. The number of fused-ring (bicyclic) bond motifs is 3. The summed E-state index contributed by atoms with van der Waals surface area (Å²) >= 11 is 0. The molecule has 4 unspecified atom stereocenters. The molecule has 0 radical (unpaired) electrons. The molecule has 5 atom stereocenters. The molecule has 2 aromatic rings. The van der Waals surface area contributed by atoms with E-state index in [-0.39, 0.29) is 0 Å². The van der Waals surface area contributed by atoms with Crippen LogP contribution in [0.4, 0.5) is 5.69 Å².